The Morgan fingerprint density at radius 3 is 2.33 bits per heavy atom. The molecule has 0 aromatic heterocycles. The van der Waals surface area contributed by atoms with Crippen LogP contribution in [0.5, 0.6) is 0 Å². The Labute approximate surface area is 126 Å². The van der Waals surface area contributed by atoms with Crippen molar-refractivity contribution in [2.24, 2.45) is 0 Å². The number of aromatic carboxylic acids is 1. The molecule has 0 heterocycles. The highest BCUT2D eigenvalue weighted by atomic mass is 32.2. The molecule has 1 aromatic rings. The summed E-state index contributed by atoms with van der Waals surface area (Å²) in [7, 11) is -3.66. The summed E-state index contributed by atoms with van der Waals surface area (Å²) in [6.07, 6.45) is 1.68. The number of unbranched alkanes of at least 4 members (excludes halogenated alkanes) is 1. The predicted octanol–water partition coefficient (Wildman–Crippen LogP) is 2.81. The summed E-state index contributed by atoms with van der Waals surface area (Å²) < 4.78 is 26.9. The summed E-state index contributed by atoms with van der Waals surface area (Å²) in [6.45, 7) is 8.05. The topological polar surface area (TPSA) is 74.7 Å². The van der Waals surface area contributed by atoms with Crippen molar-refractivity contribution >= 4 is 16.0 Å². The van der Waals surface area contributed by atoms with Crippen molar-refractivity contribution in [1.29, 1.82) is 0 Å². The maximum absolute atomic E-state index is 12.8. The maximum atomic E-state index is 12.8. The third-order valence-electron chi connectivity index (χ3n) is 3.60. The molecule has 6 heteroatoms. The number of benzene rings is 1. The SMILES string of the molecule is CCCCN(CC)S(=O)(=O)c1cc(C(=O)O)cc(C)c1C. The zero-order chi connectivity index (χ0) is 16.2. The van der Waals surface area contributed by atoms with E-state index >= 15 is 0 Å². The molecule has 0 saturated carbocycles. The van der Waals surface area contributed by atoms with Gasteiger partial charge >= 0.3 is 5.97 Å². The molecule has 0 saturated heterocycles. The van der Waals surface area contributed by atoms with Gasteiger partial charge in [0.05, 0.1) is 10.5 Å². The first-order chi connectivity index (χ1) is 9.75. The fraction of sp³-hybridized carbons (Fsp3) is 0.533. The van der Waals surface area contributed by atoms with Crippen LogP contribution in [0, 0.1) is 13.8 Å². The number of carboxylic acids is 1. The Morgan fingerprint density at radius 2 is 1.86 bits per heavy atom. The van der Waals surface area contributed by atoms with Gasteiger partial charge in [0.15, 0.2) is 0 Å². The molecule has 21 heavy (non-hydrogen) atoms. The molecule has 0 spiro atoms. The maximum Gasteiger partial charge on any atom is 0.335 e. The molecule has 0 radical (unpaired) electrons. The van der Waals surface area contributed by atoms with E-state index in [1.165, 1.54) is 16.4 Å². The van der Waals surface area contributed by atoms with E-state index in [9.17, 15) is 13.2 Å². The van der Waals surface area contributed by atoms with Crippen molar-refractivity contribution in [1.82, 2.24) is 4.31 Å². The van der Waals surface area contributed by atoms with E-state index in [0.29, 0.717) is 24.2 Å². The number of carboxylic acid groups (broad SMARTS) is 1. The molecule has 1 aromatic carbocycles. The van der Waals surface area contributed by atoms with E-state index in [1.807, 2.05) is 6.92 Å². The molecule has 0 aliphatic heterocycles. The molecule has 118 valence electrons. The number of sulfonamides is 1. The van der Waals surface area contributed by atoms with Crippen molar-refractivity contribution in [3.8, 4) is 0 Å². The van der Waals surface area contributed by atoms with Crippen molar-refractivity contribution in [2.45, 2.75) is 45.4 Å². The normalized spacial score (nSPS) is 11.9. The molecule has 1 N–H and O–H groups in total. The highest BCUT2D eigenvalue weighted by molar-refractivity contribution is 7.89. The van der Waals surface area contributed by atoms with Gasteiger partial charge in [-0.3, -0.25) is 0 Å². The molecule has 0 atom stereocenters. The number of aryl methyl sites for hydroxylation is 1. The lowest BCUT2D eigenvalue weighted by Gasteiger charge is -2.22. The van der Waals surface area contributed by atoms with E-state index in [-0.39, 0.29) is 10.5 Å². The molecular weight excluding hydrogens is 290 g/mol. The fourth-order valence-corrected chi connectivity index (χ4v) is 3.95. The van der Waals surface area contributed by atoms with Gasteiger partial charge in [0, 0.05) is 13.1 Å². The second-order valence-corrected chi connectivity index (χ2v) is 6.98. The van der Waals surface area contributed by atoms with Crippen LogP contribution >= 0.6 is 0 Å². The molecule has 5 nitrogen and oxygen atoms in total. The van der Waals surface area contributed by atoms with Crippen LogP contribution in [0.1, 0.15) is 48.2 Å². The lowest BCUT2D eigenvalue weighted by molar-refractivity contribution is 0.0696. The van der Waals surface area contributed by atoms with Crippen LogP contribution in [-0.2, 0) is 10.0 Å². The van der Waals surface area contributed by atoms with E-state index in [2.05, 4.69) is 0 Å². The van der Waals surface area contributed by atoms with Crippen molar-refractivity contribution < 1.29 is 18.3 Å². The van der Waals surface area contributed by atoms with Crippen molar-refractivity contribution in [2.75, 3.05) is 13.1 Å². The molecular formula is C15H23NO4S. The molecule has 0 aliphatic carbocycles. The van der Waals surface area contributed by atoms with E-state index in [4.69, 9.17) is 5.11 Å². The Morgan fingerprint density at radius 1 is 1.24 bits per heavy atom. The van der Waals surface area contributed by atoms with Crippen molar-refractivity contribution in [3.05, 3.63) is 28.8 Å². The molecule has 1 rings (SSSR count). The van der Waals surface area contributed by atoms with Crippen LogP contribution in [0.3, 0.4) is 0 Å². The van der Waals surface area contributed by atoms with E-state index < -0.39 is 16.0 Å². The van der Waals surface area contributed by atoms with Crippen LogP contribution in [0.2, 0.25) is 0 Å². The summed E-state index contributed by atoms with van der Waals surface area (Å²) in [5.74, 6) is -1.12. The summed E-state index contributed by atoms with van der Waals surface area (Å²) >= 11 is 0. The lowest BCUT2D eigenvalue weighted by Crippen LogP contribution is -2.32. The van der Waals surface area contributed by atoms with Crippen molar-refractivity contribution in [3.63, 3.8) is 0 Å². The van der Waals surface area contributed by atoms with Gasteiger partial charge in [0.1, 0.15) is 0 Å². The Balaban J connectivity index is 3.39. The standard InChI is InChI=1S/C15H23NO4S/c1-5-7-8-16(6-2)21(19,20)14-10-13(15(17)18)9-11(3)12(14)4/h9-10H,5-8H2,1-4H3,(H,17,18). The molecule has 0 fully saturated rings. The van der Waals surface area contributed by atoms with Crippen LogP contribution in [0.4, 0.5) is 0 Å². The quantitative estimate of drug-likeness (QED) is 0.840. The molecule has 0 aliphatic rings. The highest BCUT2D eigenvalue weighted by Gasteiger charge is 2.26. The Hall–Kier alpha value is -1.40. The van der Waals surface area contributed by atoms with Gasteiger partial charge in [-0.05, 0) is 43.5 Å². The minimum absolute atomic E-state index is 0.00298. The minimum Gasteiger partial charge on any atom is -0.478 e. The Bertz CT molecular complexity index is 623. The smallest absolute Gasteiger partial charge is 0.335 e. The zero-order valence-electron chi connectivity index (χ0n) is 13.0. The largest absolute Gasteiger partial charge is 0.478 e. The van der Waals surface area contributed by atoms with Crippen LogP contribution in [0.25, 0.3) is 0 Å². The second kappa shape index (κ2) is 7.04. The number of nitrogens with zero attached hydrogens (tertiary/aromatic N) is 1. The zero-order valence-corrected chi connectivity index (χ0v) is 13.8. The average molecular weight is 313 g/mol. The van der Waals surface area contributed by atoms with Gasteiger partial charge in [-0.1, -0.05) is 20.3 Å². The first-order valence-corrected chi connectivity index (χ1v) is 8.54. The lowest BCUT2D eigenvalue weighted by atomic mass is 10.1. The highest BCUT2D eigenvalue weighted by Crippen LogP contribution is 2.24. The number of hydrogen-bond acceptors (Lipinski definition) is 3. The number of rotatable bonds is 7. The summed E-state index contributed by atoms with van der Waals surface area (Å²) in [5.41, 5.74) is 1.28. The monoisotopic (exact) mass is 313 g/mol. The van der Waals surface area contributed by atoms with Gasteiger partial charge in [-0.25, -0.2) is 13.2 Å². The van der Waals surface area contributed by atoms with E-state index in [0.717, 1.165) is 12.8 Å². The predicted molar refractivity (Wildman–Crippen MR) is 82.2 cm³/mol. The first kappa shape index (κ1) is 17.7. The minimum atomic E-state index is -3.66. The summed E-state index contributed by atoms with van der Waals surface area (Å²) in [6, 6.07) is 2.76. The van der Waals surface area contributed by atoms with Gasteiger partial charge in [-0.2, -0.15) is 4.31 Å². The molecule has 0 unspecified atom stereocenters. The third-order valence-corrected chi connectivity index (χ3v) is 5.70. The van der Waals surface area contributed by atoms with E-state index in [1.54, 1.807) is 20.8 Å². The van der Waals surface area contributed by atoms with Gasteiger partial charge in [0.2, 0.25) is 10.0 Å². The average Bonchev–Trinajstić information content (AvgIpc) is 2.41. The number of carbonyl (C=O) groups is 1. The first-order valence-electron chi connectivity index (χ1n) is 7.10. The fourth-order valence-electron chi connectivity index (χ4n) is 2.14. The molecule has 0 bridgehead atoms. The van der Waals surface area contributed by atoms with Gasteiger partial charge in [0.25, 0.3) is 0 Å². The summed E-state index contributed by atoms with van der Waals surface area (Å²) in [4.78, 5) is 11.2. The second-order valence-electron chi connectivity index (χ2n) is 5.07. The summed E-state index contributed by atoms with van der Waals surface area (Å²) in [5, 5.41) is 9.12. The van der Waals surface area contributed by atoms with Crippen LogP contribution < -0.4 is 0 Å². The van der Waals surface area contributed by atoms with Crippen LogP contribution in [-0.4, -0.2) is 36.9 Å². The van der Waals surface area contributed by atoms with Gasteiger partial charge in [-0.15, -0.1) is 0 Å². The number of hydrogen-bond donors (Lipinski definition) is 1. The van der Waals surface area contributed by atoms with Crippen LogP contribution in [0.15, 0.2) is 17.0 Å². The third kappa shape index (κ3) is 3.83. The Kier molecular flexibility index (Phi) is 5.92. The molecule has 0 amide bonds. The van der Waals surface area contributed by atoms with Gasteiger partial charge < -0.3 is 5.11 Å².